The van der Waals surface area contributed by atoms with Crippen LogP contribution >= 0.6 is 23.4 Å². The number of phenolic OH excluding ortho intramolecular Hbond substituents is 1. The lowest BCUT2D eigenvalue weighted by atomic mass is 10.3. The van der Waals surface area contributed by atoms with Crippen molar-refractivity contribution in [3.63, 3.8) is 0 Å². The molecule has 0 atom stereocenters. The first-order chi connectivity index (χ1) is 7.06. The third-order valence-corrected chi connectivity index (χ3v) is 2.98. The van der Waals surface area contributed by atoms with Crippen molar-refractivity contribution in [1.29, 1.82) is 0 Å². The quantitative estimate of drug-likeness (QED) is 0.483. The summed E-state index contributed by atoms with van der Waals surface area (Å²) in [6.07, 6.45) is 0. The highest BCUT2D eigenvalue weighted by atomic mass is 35.5. The Bertz CT molecular complexity index is 386. The third-order valence-electron chi connectivity index (χ3n) is 1.60. The molecule has 5 nitrogen and oxygen atoms in total. The molecule has 0 fully saturated rings. The van der Waals surface area contributed by atoms with Gasteiger partial charge in [0, 0.05) is 24.4 Å². The minimum atomic E-state index is -0.538. The summed E-state index contributed by atoms with van der Waals surface area (Å²) in [5.41, 5.74) is 5.18. The normalized spacial score (nSPS) is 10.3. The predicted octanol–water partition coefficient (Wildman–Crippen LogP) is 2.00. The molecule has 1 aromatic rings. The molecule has 0 amide bonds. The van der Waals surface area contributed by atoms with Crippen molar-refractivity contribution in [2.24, 2.45) is 5.73 Å². The molecule has 15 heavy (non-hydrogen) atoms. The zero-order chi connectivity index (χ0) is 11.4. The molecule has 82 valence electrons. The second-order valence-electron chi connectivity index (χ2n) is 2.67. The molecule has 0 saturated carbocycles. The molecule has 0 saturated heterocycles. The minimum absolute atomic E-state index is 0.0289. The molecular formula is C8H9ClN2O3S. The van der Waals surface area contributed by atoms with E-state index in [4.69, 9.17) is 17.3 Å². The van der Waals surface area contributed by atoms with E-state index >= 15 is 0 Å². The smallest absolute Gasteiger partial charge is 0.284 e. The van der Waals surface area contributed by atoms with E-state index in [1.54, 1.807) is 0 Å². The summed E-state index contributed by atoms with van der Waals surface area (Å²) < 4.78 is 0. The van der Waals surface area contributed by atoms with Crippen molar-refractivity contribution < 1.29 is 10.0 Å². The fourth-order valence-electron chi connectivity index (χ4n) is 0.959. The van der Waals surface area contributed by atoms with E-state index in [0.717, 1.165) is 6.07 Å². The molecule has 1 rings (SSSR count). The number of nitro benzene ring substituents is 1. The Kier molecular flexibility index (Phi) is 4.19. The van der Waals surface area contributed by atoms with Gasteiger partial charge in [-0.25, -0.2) is 0 Å². The summed E-state index contributed by atoms with van der Waals surface area (Å²) in [5.74, 6) is 0.379. The van der Waals surface area contributed by atoms with Crippen LogP contribution in [-0.4, -0.2) is 22.3 Å². The molecule has 0 aliphatic carbocycles. The Hall–Kier alpha value is -0.980. The molecule has 0 spiro atoms. The number of halogens is 1. The predicted molar refractivity (Wildman–Crippen MR) is 59.5 cm³/mol. The lowest BCUT2D eigenvalue weighted by Gasteiger charge is -2.03. The van der Waals surface area contributed by atoms with Gasteiger partial charge in [-0.15, -0.1) is 11.8 Å². The Morgan fingerprint density at radius 2 is 2.27 bits per heavy atom. The zero-order valence-corrected chi connectivity index (χ0v) is 9.22. The van der Waals surface area contributed by atoms with E-state index in [9.17, 15) is 15.2 Å². The highest BCUT2D eigenvalue weighted by molar-refractivity contribution is 7.99. The topological polar surface area (TPSA) is 89.4 Å². The van der Waals surface area contributed by atoms with Gasteiger partial charge < -0.3 is 10.8 Å². The van der Waals surface area contributed by atoms with Crippen LogP contribution in [0, 0.1) is 10.1 Å². The Balaban J connectivity index is 3.10. The fraction of sp³-hybridized carbons (Fsp3) is 0.250. The zero-order valence-electron chi connectivity index (χ0n) is 7.64. The average Bonchev–Trinajstić information content (AvgIpc) is 2.19. The van der Waals surface area contributed by atoms with Crippen LogP contribution in [0.3, 0.4) is 0 Å². The van der Waals surface area contributed by atoms with E-state index in [2.05, 4.69) is 0 Å². The molecule has 1 aromatic carbocycles. The van der Waals surface area contributed by atoms with Gasteiger partial charge >= 0.3 is 0 Å². The summed E-state index contributed by atoms with van der Waals surface area (Å²) in [6.45, 7) is 0.408. The standard InChI is InChI=1S/C8H9ClN2O3S/c9-5-3-6(11(13)14)8(4-7(5)12)15-2-1-10/h3-4,12H,1-2,10H2. The molecule has 3 N–H and O–H groups in total. The van der Waals surface area contributed by atoms with Crippen molar-refractivity contribution in [2.45, 2.75) is 4.90 Å². The maximum atomic E-state index is 10.7. The van der Waals surface area contributed by atoms with Crippen molar-refractivity contribution in [1.82, 2.24) is 0 Å². The number of benzene rings is 1. The lowest BCUT2D eigenvalue weighted by molar-refractivity contribution is -0.387. The summed E-state index contributed by atoms with van der Waals surface area (Å²) >= 11 is 6.79. The summed E-state index contributed by atoms with van der Waals surface area (Å²) in [5, 5.41) is 19.9. The van der Waals surface area contributed by atoms with E-state index < -0.39 is 4.92 Å². The maximum Gasteiger partial charge on any atom is 0.284 e. The number of hydrogen-bond donors (Lipinski definition) is 2. The van der Waals surface area contributed by atoms with E-state index in [0.29, 0.717) is 17.2 Å². The van der Waals surface area contributed by atoms with Crippen LogP contribution in [0.1, 0.15) is 0 Å². The number of nitrogens with zero attached hydrogens (tertiary/aromatic N) is 1. The first kappa shape index (κ1) is 12.1. The number of hydrogen-bond acceptors (Lipinski definition) is 5. The molecule has 0 heterocycles. The largest absolute Gasteiger partial charge is 0.506 e. The van der Waals surface area contributed by atoms with Crippen LogP contribution in [0.25, 0.3) is 0 Å². The van der Waals surface area contributed by atoms with Gasteiger partial charge in [-0.05, 0) is 0 Å². The van der Waals surface area contributed by atoms with Crippen molar-refractivity contribution >= 4 is 29.1 Å². The first-order valence-corrected chi connectivity index (χ1v) is 5.42. The maximum absolute atomic E-state index is 10.7. The van der Waals surface area contributed by atoms with Crippen molar-refractivity contribution in [3.05, 3.63) is 27.3 Å². The number of phenols is 1. The molecule has 7 heteroatoms. The lowest BCUT2D eigenvalue weighted by Crippen LogP contribution is -2.01. The second kappa shape index (κ2) is 5.20. The minimum Gasteiger partial charge on any atom is -0.506 e. The summed E-state index contributed by atoms with van der Waals surface area (Å²) in [4.78, 5) is 10.5. The van der Waals surface area contributed by atoms with Gasteiger partial charge in [0.15, 0.2) is 0 Å². The molecule has 0 aliphatic rings. The van der Waals surface area contributed by atoms with Crippen molar-refractivity contribution in [3.8, 4) is 5.75 Å². The molecular weight excluding hydrogens is 240 g/mol. The van der Waals surface area contributed by atoms with Gasteiger partial charge in [0.2, 0.25) is 0 Å². The van der Waals surface area contributed by atoms with Gasteiger partial charge in [0.05, 0.1) is 14.8 Å². The van der Waals surface area contributed by atoms with Gasteiger partial charge in [-0.3, -0.25) is 10.1 Å². The van der Waals surface area contributed by atoms with Crippen LogP contribution in [0.15, 0.2) is 17.0 Å². The summed E-state index contributed by atoms with van der Waals surface area (Å²) in [7, 11) is 0. The number of rotatable bonds is 4. The highest BCUT2D eigenvalue weighted by Gasteiger charge is 2.17. The number of aromatic hydroxyl groups is 1. The van der Waals surface area contributed by atoms with E-state index in [-0.39, 0.29) is 16.5 Å². The van der Waals surface area contributed by atoms with Gasteiger partial charge in [0.25, 0.3) is 5.69 Å². The number of nitrogens with two attached hydrogens (primary N) is 1. The van der Waals surface area contributed by atoms with Crippen LogP contribution in [0.2, 0.25) is 5.02 Å². The van der Waals surface area contributed by atoms with Crippen LogP contribution in [0.4, 0.5) is 5.69 Å². The SMILES string of the molecule is NCCSc1cc(O)c(Cl)cc1[N+](=O)[O-]. The molecule has 0 radical (unpaired) electrons. The van der Waals surface area contributed by atoms with Gasteiger partial charge in [-0.1, -0.05) is 11.6 Å². The Morgan fingerprint density at radius 3 is 2.80 bits per heavy atom. The van der Waals surface area contributed by atoms with Crippen LogP contribution in [0.5, 0.6) is 5.75 Å². The second-order valence-corrected chi connectivity index (χ2v) is 4.21. The highest BCUT2D eigenvalue weighted by Crippen LogP contribution is 2.36. The fourth-order valence-corrected chi connectivity index (χ4v) is 1.93. The van der Waals surface area contributed by atoms with Gasteiger partial charge in [0.1, 0.15) is 5.75 Å². The Labute approximate surface area is 95.4 Å². The van der Waals surface area contributed by atoms with E-state index in [1.165, 1.54) is 17.8 Å². The molecule has 0 aliphatic heterocycles. The monoisotopic (exact) mass is 248 g/mol. The average molecular weight is 249 g/mol. The van der Waals surface area contributed by atoms with Gasteiger partial charge in [-0.2, -0.15) is 0 Å². The molecule has 0 unspecified atom stereocenters. The van der Waals surface area contributed by atoms with E-state index in [1.807, 2.05) is 0 Å². The summed E-state index contributed by atoms with van der Waals surface area (Å²) in [6, 6.07) is 2.41. The first-order valence-electron chi connectivity index (χ1n) is 4.06. The van der Waals surface area contributed by atoms with Crippen molar-refractivity contribution in [2.75, 3.05) is 12.3 Å². The molecule has 0 aromatic heterocycles. The van der Waals surface area contributed by atoms with Crippen LogP contribution < -0.4 is 5.73 Å². The number of nitro groups is 1. The number of thioether (sulfide) groups is 1. The molecule has 0 bridgehead atoms. The Morgan fingerprint density at radius 1 is 1.60 bits per heavy atom. The third kappa shape index (κ3) is 2.98. The van der Waals surface area contributed by atoms with Crippen LogP contribution in [-0.2, 0) is 0 Å².